The van der Waals surface area contributed by atoms with E-state index in [4.69, 9.17) is 14.5 Å². The minimum absolute atomic E-state index is 0.0393. The molecule has 2 unspecified atom stereocenters. The number of benzene rings is 3. The quantitative estimate of drug-likeness (QED) is 0.152. The number of hydrogen-bond acceptors (Lipinski definition) is 8. The van der Waals surface area contributed by atoms with Crippen LogP contribution in [-0.4, -0.2) is 47.5 Å². The number of carboxylic acids is 1. The van der Waals surface area contributed by atoms with Gasteiger partial charge in [0.2, 0.25) is 7.37 Å². The number of alkyl carbamates (subject to hydrolysis) is 1. The highest BCUT2D eigenvalue weighted by atomic mass is 31.2. The SMILES string of the molecule is CC(c1ccccc1[N+](=O)[O-])P(=O)(CCC#N)OC[C@H](NC(=O)OCC1c2ccccc2-c2ccccc21)C(=O)O. The number of aliphatic carboxylic acids is 1. The van der Waals surface area contributed by atoms with Gasteiger partial charge in [0, 0.05) is 30.1 Å². The number of rotatable bonds is 12. The zero-order valence-corrected chi connectivity index (χ0v) is 23.0. The molecule has 11 nitrogen and oxygen atoms in total. The normalized spacial score (nSPS) is 14.9. The summed E-state index contributed by atoms with van der Waals surface area (Å²) in [6.45, 7) is 0.727. The van der Waals surface area contributed by atoms with Crippen molar-refractivity contribution in [2.75, 3.05) is 19.4 Å². The number of nitro benzene ring substituents is 1. The number of fused-ring (bicyclic) bond motifs is 3. The van der Waals surface area contributed by atoms with Crippen LogP contribution in [0.3, 0.4) is 0 Å². The van der Waals surface area contributed by atoms with E-state index in [9.17, 15) is 29.4 Å². The summed E-state index contributed by atoms with van der Waals surface area (Å²) in [4.78, 5) is 35.5. The highest BCUT2D eigenvalue weighted by Gasteiger charge is 2.37. The Kier molecular flexibility index (Phi) is 9.17. The van der Waals surface area contributed by atoms with E-state index in [1.165, 1.54) is 25.1 Å². The Morgan fingerprint density at radius 1 is 1.07 bits per heavy atom. The average Bonchev–Trinajstić information content (AvgIpc) is 3.30. The number of nitro groups is 1. The maximum atomic E-state index is 13.9. The summed E-state index contributed by atoms with van der Waals surface area (Å²) in [5, 5.41) is 32.6. The van der Waals surface area contributed by atoms with Crippen LogP contribution < -0.4 is 5.32 Å². The molecule has 12 heteroatoms. The summed E-state index contributed by atoms with van der Waals surface area (Å²) in [6, 6.07) is 21.5. The molecule has 0 radical (unpaired) electrons. The van der Waals surface area contributed by atoms with Gasteiger partial charge in [0.1, 0.15) is 6.61 Å². The monoisotopic (exact) mass is 577 g/mol. The molecule has 2 N–H and O–H groups in total. The van der Waals surface area contributed by atoms with E-state index in [1.807, 2.05) is 54.6 Å². The lowest BCUT2D eigenvalue weighted by Gasteiger charge is -2.26. The standard InChI is InChI=1S/C29H28N3O8P/c1-19(20-9-6-7-14-27(20)32(36)37)41(38,16-8-15-30)40-18-26(28(33)34)31-29(35)39-17-25-23-12-4-2-10-21(23)22-11-3-5-13-24(22)25/h2-7,9-14,19,25-26H,8,16-18H2,1H3,(H,31,35)(H,33,34)/t19?,26-,41?/m0/s1. The van der Waals surface area contributed by atoms with Gasteiger partial charge in [0.05, 0.1) is 23.3 Å². The van der Waals surface area contributed by atoms with Crippen molar-refractivity contribution in [2.45, 2.75) is 31.0 Å². The lowest BCUT2D eigenvalue weighted by Crippen LogP contribution is -2.44. The Morgan fingerprint density at radius 3 is 2.24 bits per heavy atom. The summed E-state index contributed by atoms with van der Waals surface area (Å²) in [5.41, 5.74) is 2.90. The Balaban J connectivity index is 1.45. The van der Waals surface area contributed by atoms with Crippen molar-refractivity contribution in [3.63, 3.8) is 0 Å². The van der Waals surface area contributed by atoms with Gasteiger partial charge in [-0.2, -0.15) is 5.26 Å². The number of hydrogen-bond donors (Lipinski definition) is 2. The van der Waals surface area contributed by atoms with Crippen LogP contribution >= 0.6 is 7.37 Å². The van der Waals surface area contributed by atoms with Crippen molar-refractivity contribution >= 4 is 25.1 Å². The van der Waals surface area contributed by atoms with E-state index >= 15 is 0 Å². The van der Waals surface area contributed by atoms with Gasteiger partial charge in [-0.05, 0) is 29.2 Å². The molecule has 0 fully saturated rings. The third-order valence-corrected chi connectivity index (χ3v) is 9.99. The average molecular weight is 578 g/mol. The number of carbonyl (C=O) groups is 2. The molecule has 3 aromatic rings. The van der Waals surface area contributed by atoms with Crippen LogP contribution in [0.5, 0.6) is 0 Å². The van der Waals surface area contributed by atoms with Crippen molar-refractivity contribution in [1.82, 2.24) is 5.32 Å². The van der Waals surface area contributed by atoms with Crippen LogP contribution in [0, 0.1) is 21.4 Å². The molecule has 4 rings (SSSR count). The van der Waals surface area contributed by atoms with Gasteiger partial charge in [-0.25, -0.2) is 9.59 Å². The smallest absolute Gasteiger partial charge is 0.407 e. The molecule has 0 spiro atoms. The van der Waals surface area contributed by atoms with Crippen LogP contribution in [0.25, 0.3) is 11.1 Å². The summed E-state index contributed by atoms with van der Waals surface area (Å²) in [6.07, 6.45) is -1.44. The van der Waals surface area contributed by atoms with Crippen molar-refractivity contribution in [3.8, 4) is 17.2 Å². The van der Waals surface area contributed by atoms with Crippen LogP contribution in [-0.2, 0) is 18.6 Å². The van der Waals surface area contributed by atoms with Crippen LogP contribution in [0.4, 0.5) is 10.5 Å². The van der Waals surface area contributed by atoms with Crippen molar-refractivity contribution in [3.05, 3.63) is 99.6 Å². The van der Waals surface area contributed by atoms with E-state index in [1.54, 1.807) is 6.07 Å². The van der Waals surface area contributed by atoms with Crippen molar-refractivity contribution < 1.29 is 33.4 Å². The van der Waals surface area contributed by atoms with Gasteiger partial charge >= 0.3 is 12.1 Å². The first-order chi connectivity index (χ1) is 19.7. The second-order valence-corrected chi connectivity index (χ2v) is 12.4. The molecule has 3 atom stereocenters. The molecule has 41 heavy (non-hydrogen) atoms. The third kappa shape index (κ3) is 6.46. The molecular weight excluding hydrogens is 549 g/mol. The molecule has 1 aliphatic rings. The lowest BCUT2D eigenvalue weighted by atomic mass is 9.98. The van der Waals surface area contributed by atoms with E-state index in [-0.39, 0.29) is 36.4 Å². The summed E-state index contributed by atoms with van der Waals surface area (Å²) < 4.78 is 24.9. The number of nitrogens with one attached hydrogen (secondary N) is 1. The van der Waals surface area contributed by atoms with E-state index in [0.717, 1.165) is 22.3 Å². The molecule has 212 valence electrons. The topological polar surface area (TPSA) is 169 Å². The highest BCUT2D eigenvalue weighted by Crippen LogP contribution is 2.61. The third-order valence-electron chi connectivity index (χ3n) is 7.10. The zero-order valence-electron chi connectivity index (χ0n) is 22.1. The van der Waals surface area contributed by atoms with Crippen molar-refractivity contribution in [2.24, 2.45) is 0 Å². The largest absolute Gasteiger partial charge is 0.480 e. The minimum atomic E-state index is -3.84. The first-order valence-electron chi connectivity index (χ1n) is 12.8. The predicted octanol–water partition coefficient (Wildman–Crippen LogP) is 5.86. The van der Waals surface area contributed by atoms with E-state index in [0.29, 0.717) is 0 Å². The van der Waals surface area contributed by atoms with Crippen LogP contribution in [0.2, 0.25) is 0 Å². The second-order valence-electron chi connectivity index (χ2n) is 9.51. The van der Waals surface area contributed by atoms with Crippen LogP contribution in [0.1, 0.15) is 41.6 Å². The molecule has 1 aliphatic carbocycles. The molecule has 0 bridgehead atoms. The van der Waals surface area contributed by atoms with Gasteiger partial charge < -0.3 is 19.7 Å². The first-order valence-corrected chi connectivity index (χ1v) is 14.7. The Bertz CT molecular complexity index is 1510. The number of para-hydroxylation sites is 1. The minimum Gasteiger partial charge on any atom is -0.480 e. The van der Waals surface area contributed by atoms with Crippen LogP contribution in [0.15, 0.2) is 72.8 Å². The number of nitriles is 1. The van der Waals surface area contributed by atoms with Gasteiger partial charge in [-0.1, -0.05) is 66.7 Å². The van der Waals surface area contributed by atoms with Crippen molar-refractivity contribution in [1.29, 1.82) is 5.26 Å². The molecule has 0 saturated carbocycles. The number of ether oxygens (including phenoxy) is 1. The first kappa shape index (κ1) is 29.5. The predicted molar refractivity (Wildman–Crippen MR) is 150 cm³/mol. The maximum absolute atomic E-state index is 13.9. The fourth-order valence-electron chi connectivity index (χ4n) is 4.95. The van der Waals surface area contributed by atoms with E-state index in [2.05, 4.69) is 5.32 Å². The molecule has 0 saturated heterocycles. The second kappa shape index (κ2) is 12.8. The van der Waals surface area contributed by atoms with Gasteiger partial charge in [0.15, 0.2) is 6.04 Å². The lowest BCUT2D eigenvalue weighted by molar-refractivity contribution is -0.385. The molecular formula is C29H28N3O8P. The zero-order chi connectivity index (χ0) is 29.6. The van der Waals surface area contributed by atoms with Gasteiger partial charge in [0.25, 0.3) is 5.69 Å². The Hall–Kier alpha value is -4.52. The van der Waals surface area contributed by atoms with E-state index < -0.39 is 42.7 Å². The Labute approximate surface area is 236 Å². The summed E-state index contributed by atoms with van der Waals surface area (Å²) >= 11 is 0. The van der Waals surface area contributed by atoms with Gasteiger partial charge in [-0.3, -0.25) is 14.7 Å². The molecule has 0 aromatic heterocycles. The fraction of sp³-hybridized carbons (Fsp3) is 0.276. The molecule has 3 aromatic carbocycles. The number of carboxylic acid groups (broad SMARTS) is 1. The number of amides is 1. The fourth-order valence-corrected chi connectivity index (χ4v) is 7.15. The highest BCUT2D eigenvalue weighted by molar-refractivity contribution is 7.59. The molecule has 0 aliphatic heterocycles. The number of nitrogens with zero attached hydrogens (tertiary/aromatic N) is 2. The molecule has 0 heterocycles. The maximum Gasteiger partial charge on any atom is 0.407 e. The summed E-state index contributed by atoms with van der Waals surface area (Å²) in [7, 11) is -3.84. The summed E-state index contributed by atoms with van der Waals surface area (Å²) in [5.74, 6) is -1.69. The number of carbonyl (C=O) groups excluding carboxylic acids is 1. The Morgan fingerprint density at radius 2 is 1.66 bits per heavy atom. The van der Waals surface area contributed by atoms with Gasteiger partial charge in [-0.15, -0.1) is 0 Å². The molecule has 1 amide bonds.